The minimum atomic E-state index is -0.265. The molecular weight excluding hydrogens is 384 g/mol. The molecule has 2 aromatic rings. The Kier molecular flexibility index (Phi) is 6.58. The standard InChI is InChI=1S/C19H21BrN2O3/c1-4-11-25-17-10-7-14(20)12-16(17)18(23)21-15-8-5-13(6-9-15)19(24)22(2)3/h5-10,12H,4,11H2,1-3H3,(H,21,23). The van der Waals surface area contributed by atoms with Gasteiger partial charge in [-0.1, -0.05) is 22.9 Å². The molecule has 2 amide bonds. The summed E-state index contributed by atoms with van der Waals surface area (Å²) in [5.41, 5.74) is 1.63. The lowest BCUT2D eigenvalue weighted by Gasteiger charge is -2.13. The van der Waals surface area contributed by atoms with Crippen LogP contribution in [0.25, 0.3) is 0 Å². The van der Waals surface area contributed by atoms with Crippen molar-refractivity contribution < 1.29 is 14.3 Å². The summed E-state index contributed by atoms with van der Waals surface area (Å²) < 4.78 is 6.44. The van der Waals surface area contributed by atoms with Crippen LogP contribution in [-0.4, -0.2) is 37.4 Å². The smallest absolute Gasteiger partial charge is 0.259 e. The molecule has 0 heterocycles. The van der Waals surface area contributed by atoms with Crippen LogP contribution in [0.2, 0.25) is 0 Å². The molecule has 1 N–H and O–H groups in total. The molecule has 0 radical (unpaired) electrons. The van der Waals surface area contributed by atoms with Crippen molar-refractivity contribution in [1.29, 1.82) is 0 Å². The molecule has 0 spiro atoms. The quantitative estimate of drug-likeness (QED) is 0.784. The number of ether oxygens (including phenoxy) is 1. The molecule has 0 saturated carbocycles. The SMILES string of the molecule is CCCOc1ccc(Br)cc1C(=O)Nc1ccc(C(=O)N(C)C)cc1. The van der Waals surface area contributed by atoms with Crippen molar-refractivity contribution in [3.63, 3.8) is 0 Å². The number of hydrogen-bond donors (Lipinski definition) is 1. The summed E-state index contributed by atoms with van der Waals surface area (Å²) in [7, 11) is 3.40. The van der Waals surface area contributed by atoms with Crippen LogP contribution in [0.3, 0.4) is 0 Å². The van der Waals surface area contributed by atoms with Crippen LogP contribution in [0.15, 0.2) is 46.9 Å². The first-order valence-corrected chi connectivity index (χ1v) is 8.77. The minimum absolute atomic E-state index is 0.0832. The molecule has 25 heavy (non-hydrogen) atoms. The van der Waals surface area contributed by atoms with E-state index in [0.29, 0.717) is 29.2 Å². The number of anilines is 1. The molecule has 0 aliphatic rings. The zero-order chi connectivity index (χ0) is 18.4. The number of hydrogen-bond acceptors (Lipinski definition) is 3. The van der Waals surface area contributed by atoms with Crippen molar-refractivity contribution in [2.45, 2.75) is 13.3 Å². The summed E-state index contributed by atoms with van der Waals surface area (Å²) in [4.78, 5) is 26.0. The molecule has 0 aromatic heterocycles. The molecule has 0 aliphatic carbocycles. The fourth-order valence-corrected chi connectivity index (χ4v) is 2.53. The summed E-state index contributed by atoms with van der Waals surface area (Å²) >= 11 is 3.38. The molecule has 0 aliphatic heterocycles. The summed E-state index contributed by atoms with van der Waals surface area (Å²) in [5.74, 6) is 0.196. The highest BCUT2D eigenvalue weighted by Crippen LogP contribution is 2.24. The summed E-state index contributed by atoms with van der Waals surface area (Å²) in [6.45, 7) is 2.55. The number of nitrogens with zero attached hydrogens (tertiary/aromatic N) is 1. The van der Waals surface area contributed by atoms with Crippen LogP contribution in [0.5, 0.6) is 5.75 Å². The second kappa shape index (κ2) is 8.67. The van der Waals surface area contributed by atoms with Crippen LogP contribution >= 0.6 is 15.9 Å². The van der Waals surface area contributed by atoms with E-state index in [2.05, 4.69) is 21.2 Å². The first kappa shape index (κ1) is 19.0. The highest BCUT2D eigenvalue weighted by atomic mass is 79.9. The Labute approximate surface area is 156 Å². The maximum Gasteiger partial charge on any atom is 0.259 e. The number of carbonyl (C=O) groups excluding carboxylic acids is 2. The van der Waals surface area contributed by atoms with Crippen molar-refractivity contribution in [3.8, 4) is 5.75 Å². The van der Waals surface area contributed by atoms with Gasteiger partial charge in [0.05, 0.1) is 12.2 Å². The third-order valence-corrected chi connectivity index (χ3v) is 3.94. The maximum atomic E-state index is 12.6. The van der Waals surface area contributed by atoms with Gasteiger partial charge in [0, 0.05) is 29.8 Å². The number of rotatable bonds is 6. The molecular formula is C19H21BrN2O3. The molecule has 2 aromatic carbocycles. The van der Waals surface area contributed by atoms with Crippen LogP contribution in [0.4, 0.5) is 5.69 Å². The maximum absolute atomic E-state index is 12.6. The minimum Gasteiger partial charge on any atom is -0.493 e. The van der Waals surface area contributed by atoms with Gasteiger partial charge in [0.15, 0.2) is 0 Å². The monoisotopic (exact) mass is 404 g/mol. The Bertz CT molecular complexity index is 758. The molecule has 6 heteroatoms. The molecule has 0 fully saturated rings. The van der Waals surface area contributed by atoms with Gasteiger partial charge in [-0.05, 0) is 48.9 Å². The van der Waals surface area contributed by atoms with Crippen LogP contribution in [-0.2, 0) is 0 Å². The van der Waals surface area contributed by atoms with E-state index in [1.165, 1.54) is 4.90 Å². The average Bonchev–Trinajstić information content (AvgIpc) is 2.60. The van der Waals surface area contributed by atoms with Gasteiger partial charge in [-0.2, -0.15) is 0 Å². The van der Waals surface area contributed by atoms with Crippen molar-refractivity contribution in [2.75, 3.05) is 26.0 Å². The van der Waals surface area contributed by atoms with E-state index in [1.54, 1.807) is 50.5 Å². The fraction of sp³-hybridized carbons (Fsp3) is 0.263. The van der Waals surface area contributed by atoms with Crippen LogP contribution in [0, 0.1) is 0 Å². The Balaban J connectivity index is 2.16. The number of benzene rings is 2. The normalized spacial score (nSPS) is 10.2. The number of nitrogens with one attached hydrogen (secondary N) is 1. The zero-order valence-corrected chi connectivity index (χ0v) is 16.1. The van der Waals surface area contributed by atoms with Gasteiger partial charge in [0.25, 0.3) is 11.8 Å². The van der Waals surface area contributed by atoms with Gasteiger partial charge in [0.2, 0.25) is 0 Å². The summed E-state index contributed by atoms with van der Waals surface area (Å²) in [6, 6.07) is 12.1. The molecule has 132 valence electrons. The van der Waals surface area contributed by atoms with Crippen molar-refractivity contribution in [3.05, 3.63) is 58.1 Å². The van der Waals surface area contributed by atoms with Gasteiger partial charge < -0.3 is 15.0 Å². The first-order chi connectivity index (χ1) is 11.9. The van der Waals surface area contributed by atoms with E-state index < -0.39 is 0 Å². The molecule has 2 rings (SSSR count). The highest BCUT2D eigenvalue weighted by Gasteiger charge is 2.14. The lowest BCUT2D eigenvalue weighted by Crippen LogP contribution is -2.21. The van der Waals surface area contributed by atoms with Gasteiger partial charge >= 0.3 is 0 Å². The highest BCUT2D eigenvalue weighted by molar-refractivity contribution is 9.10. The number of carbonyl (C=O) groups is 2. The first-order valence-electron chi connectivity index (χ1n) is 7.97. The van der Waals surface area contributed by atoms with E-state index in [1.807, 2.05) is 13.0 Å². The summed E-state index contributed by atoms with van der Waals surface area (Å²) in [6.07, 6.45) is 0.860. The van der Waals surface area contributed by atoms with E-state index in [0.717, 1.165) is 10.9 Å². The Morgan fingerprint density at radius 1 is 1.12 bits per heavy atom. The molecule has 0 bridgehead atoms. The van der Waals surface area contributed by atoms with Gasteiger partial charge in [-0.3, -0.25) is 9.59 Å². The van der Waals surface area contributed by atoms with E-state index >= 15 is 0 Å². The largest absolute Gasteiger partial charge is 0.493 e. The second-order valence-corrected chi connectivity index (χ2v) is 6.64. The lowest BCUT2D eigenvalue weighted by atomic mass is 10.1. The predicted molar refractivity (Wildman–Crippen MR) is 102 cm³/mol. The Morgan fingerprint density at radius 2 is 1.80 bits per heavy atom. The Hall–Kier alpha value is -2.34. The molecule has 0 unspecified atom stereocenters. The van der Waals surface area contributed by atoms with Gasteiger partial charge in [0.1, 0.15) is 5.75 Å². The van der Waals surface area contributed by atoms with Crippen LogP contribution < -0.4 is 10.1 Å². The summed E-state index contributed by atoms with van der Waals surface area (Å²) in [5, 5.41) is 2.83. The van der Waals surface area contributed by atoms with Crippen molar-refractivity contribution in [1.82, 2.24) is 4.90 Å². The van der Waals surface area contributed by atoms with E-state index in [-0.39, 0.29) is 11.8 Å². The lowest BCUT2D eigenvalue weighted by molar-refractivity contribution is 0.0827. The average molecular weight is 405 g/mol. The third kappa shape index (κ3) is 5.06. The van der Waals surface area contributed by atoms with Gasteiger partial charge in [-0.15, -0.1) is 0 Å². The van der Waals surface area contributed by atoms with Crippen LogP contribution in [0.1, 0.15) is 34.1 Å². The van der Waals surface area contributed by atoms with E-state index in [4.69, 9.17) is 4.74 Å². The molecule has 0 atom stereocenters. The second-order valence-electron chi connectivity index (χ2n) is 5.72. The zero-order valence-electron chi connectivity index (χ0n) is 14.5. The topological polar surface area (TPSA) is 58.6 Å². The number of amides is 2. The van der Waals surface area contributed by atoms with Crippen molar-refractivity contribution in [2.24, 2.45) is 0 Å². The molecule has 0 saturated heterocycles. The third-order valence-electron chi connectivity index (χ3n) is 3.44. The van der Waals surface area contributed by atoms with Crippen molar-refractivity contribution >= 4 is 33.4 Å². The number of halogens is 1. The predicted octanol–water partition coefficient (Wildman–Crippen LogP) is 4.19. The van der Waals surface area contributed by atoms with E-state index in [9.17, 15) is 9.59 Å². The fourth-order valence-electron chi connectivity index (χ4n) is 2.17. The van der Waals surface area contributed by atoms with Gasteiger partial charge in [-0.25, -0.2) is 0 Å². The molecule has 5 nitrogen and oxygen atoms in total. The Morgan fingerprint density at radius 3 is 2.40 bits per heavy atom.